The first-order valence-electron chi connectivity index (χ1n) is 5.62. The van der Waals surface area contributed by atoms with Gasteiger partial charge in [0, 0.05) is 25.1 Å². The molecule has 17 heavy (non-hydrogen) atoms. The molecule has 1 aromatic rings. The zero-order chi connectivity index (χ0) is 12.3. The summed E-state index contributed by atoms with van der Waals surface area (Å²) >= 11 is 1.70. The van der Waals surface area contributed by atoms with E-state index in [9.17, 15) is 4.79 Å². The van der Waals surface area contributed by atoms with Crippen LogP contribution in [0.5, 0.6) is 0 Å². The molecule has 0 amide bonds. The lowest BCUT2D eigenvalue weighted by Crippen LogP contribution is -2.28. The summed E-state index contributed by atoms with van der Waals surface area (Å²) in [5.41, 5.74) is 1.80. The van der Waals surface area contributed by atoms with E-state index in [4.69, 9.17) is 5.11 Å². The molecule has 2 N–H and O–H groups in total. The molecule has 0 aromatic carbocycles. The zero-order valence-corrected chi connectivity index (χ0v) is 10.5. The monoisotopic (exact) mass is 253 g/mol. The molecule has 0 saturated carbocycles. The molecule has 0 saturated heterocycles. The highest BCUT2D eigenvalue weighted by atomic mass is 32.2. The number of nitrogens with zero attached hydrogens (tertiary/aromatic N) is 2. The van der Waals surface area contributed by atoms with Gasteiger partial charge in [-0.1, -0.05) is 6.92 Å². The van der Waals surface area contributed by atoms with Crippen molar-refractivity contribution >= 4 is 17.7 Å². The molecule has 92 valence electrons. The van der Waals surface area contributed by atoms with Crippen LogP contribution >= 0.6 is 11.8 Å². The van der Waals surface area contributed by atoms with Crippen LogP contribution in [0.3, 0.4) is 0 Å². The molecule has 0 fully saturated rings. The van der Waals surface area contributed by atoms with Crippen LogP contribution in [0.15, 0.2) is 0 Å². The van der Waals surface area contributed by atoms with Crippen molar-refractivity contribution in [2.45, 2.75) is 25.6 Å². The van der Waals surface area contributed by atoms with Crippen molar-refractivity contribution in [3.63, 3.8) is 0 Å². The number of hydrogen-bond acceptors (Lipinski definition) is 5. The number of thioether (sulfide) groups is 1. The number of carboxylic acid groups (broad SMARTS) is 1. The Balaban J connectivity index is 2.37. The van der Waals surface area contributed by atoms with Crippen molar-refractivity contribution in [3.05, 3.63) is 22.8 Å². The van der Waals surface area contributed by atoms with Crippen LogP contribution < -0.4 is 5.32 Å². The number of carbonyl (C=O) groups is 1. The molecule has 0 aliphatic carbocycles. The SMILES string of the molecule is CCSCc1nc2c(c(C(=O)O)n1)CNCC2. The summed E-state index contributed by atoms with van der Waals surface area (Å²) in [4.78, 5) is 19.8. The van der Waals surface area contributed by atoms with Gasteiger partial charge in [0.2, 0.25) is 0 Å². The molecule has 6 heteroatoms. The molecule has 0 bridgehead atoms. The van der Waals surface area contributed by atoms with Gasteiger partial charge in [-0.2, -0.15) is 11.8 Å². The Labute approximate surface area is 104 Å². The largest absolute Gasteiger partial charge is 0.476 e. The number of carboxylic acids is 1. The van der Waals surface area contributed by atoms with Crippen molar-refractivity contribution in [3.8, 4) is 0 Å². The fourth-order valence-electron chi connectivity index (χ4n) is 1.83. The average Bonchev–Trinajstić information content (AvgIpc) is 2.35. The Bertz CT molecular complexity index is 437. The van der Waals surface area contributed by atoms with Crippen LogP contribution in [0, 0.1) is 0 Å². The predicted molar refractivity (Wildman–Crippen MR) is 66.2 cm³/mol. The molecule has 1 aromatic heterocycles. The third kappa shape index (κ3) is 2.76. The lowest BCUT2D eigenvalue weighted by atomic mass is 10.1. The minimum atomic E-state index is -0.963. The molecule has 2 rings (SSSR count). The molecule has 0 spiro atoms. The molecule has 2 heterocycles. The molecule has 0 atom stereocenters. The number of aromatic carboxylic acids is 1. The maximum absolute atomic E-state index is 11.2. The van der Waals surface area contributed by atoms with Gasteiger partial charge in [0.25, 0.3) is 0 Å². The predicted octanol–water partition coefficient (Wildman–Crippen LogP) is 1.07. The van der Waals surface area contributed by atoms with Crippen molar-refractivity contribution in [2.75, 3.05) is 12.3 Å². The van der Waals surface area contributed by atoms with Gasteiger partial charge < -0.3 is 10.4 Å². The molecule has 1 aliphatic rings. The van der Waals surface area contributed by atoms with Gasteiger partial charge in [-0.05, 0) is 5.75 Å². The first kappa shape index (κ1) is 12.3. The maximum Gasteiger partial charge on any atom is 0.354 e. The van der Waals surface area contributed by atoms with Gasteiger partial charge in [0.05, 0.1) is 11.4 Å². The smallest absolute Gasteiger partial charge is 0.354 e. The fourth-order valence-corrected chi connectivity index (χ4v) is 2.34. The average molecular weight is 253 g/mol. The van der Waals surface area contributed by atoms with Gasteiger partial charge >= 0.3 is 5.97 Å². The highest BCUT2D eigenvalue weighted by Crippen LogP contribution is 2.18. The summed E-state index contributed by atoms with van der Waals surface area (Å²) in [6, 6.07) is 0. The minimum absolute atomic E-state index is 0.161. The van der Waals surface area contributed by atoms with Crippen LogP contribution in [0.25, 0.3) is 0 Å². The van der Waals surface area contributed by atoms with Crippen molar-refractivity contribution < 1.29 is 9.90 Å². The van der Waals surface area contributed by atoms with E-state index in [1.165, 1.54) is 0 Å². The second kappa shape index (κ2) is 5.46. The number of rotatable bonds is 4. The first-order valence-corrected chi connectivity index (χ1v) is 6.78. The summed E-state index contributed by atoms with van der Waals surface area (Å²) < 4.78 is 0. The van der Waals surface area contributed by atoms with Crippen LogP contribution in [-0.4, -0.2) is 33.3 Å². The molecular formula is C11H15N3O2S. The summed E-state index contributed by atoms with van der Waals surface area (Å²) in [5.74, 6) is 1.33. The van der Waals surface area contributed by atoms with Crippen LogP contribution in [-0.2, 0) is 18.7 Å². The normalized spacial score (nSPS) is 14.4. The fraction of sp³-hybridized carbons (Fsp3) is 0.545. The van der Waals surface area contributed by atoms with E-state index in [0.29, 0.717) is 18.1 Å². The Hall–Kier alpha value is -1.14. The van der Waals surface area contributed by atoms with E-state index in [2.05, 4.69) is 22.2 Å². The Morgan fingerprint density at radius 2 is 2.35 bits per heavy atom. The van der Waals surface area contributed by atoms with E-state index < -0.39 is 5.97 Å². The second-order valence-electron chi connectivity index (χ2n) is 3.78. The maximum atomic E-state index is 11.2. The van der Waals surface area contributed by atoms with E-state index in [1.807, 2.05) is 0 Å². The standard InChI is InChI=1S/C11H15N3O2S/c1-2-17-6-9-13-8-3-4-12-5-7(8)10(14-9)11(15)16/h12H,2-6H2,1H3,(H,15,16). The second-order valence-corrected chi connectivity index (χ2v) is 5.06. The summed E-state index contributed by atoms with van der Waals surface area (Å²) in [7, 11) is 0. The lowest BCUT2D eigenvalue weighted by Gasteiger charge is -2.18. The van der Waals surface area contributed by atoms with E-state index in [0.717, 1.165) is 30.0 Å². The van der Waals surface area contributed by atoms with Gasteiger partial charge in [-0.25, -0.2) is 14.8 Å². The van der Waals surface area contributed by atoms with Gasteiger partial charge in [0.1, 0.15) is 5.82 Å². The third-order valence-electron chi connectivity index (χ3n) is 2.62. The minimum Gasteiger partial charge on any atom is -0.476 e. The first-order chi connectivity index (χ1) is 8.22. The van der Waals surface area contributed by atoms with Crippen LogP contribution in [0.1, 0.15) is 34.5 Å². The Morgan fingerprint density at radius 3 is 3.06 bits per heavy atom. The number of nitrogens with one attached hydrogen (secondary N) is 1. The van der Waals surface area contributed by atoms with Gasteiger partial charge in [0.15, 0.2) is 5.69 Å². The number of aromatic nitrogens is 2. The zero-order valence-electron chi connectivity index (χ0n) is 9.69. The Kier molecular flexibility index (Phi) is 3.96. The molecular weight excluding hydrogens is 238 g/mol. The van der Waals surface area contributed by atoms with Crippen molar-refractivity contribution in [1.29, 1.82) is 0 Å². The van der Waals surface area contributed by atoms with E-state index in [1.54, 1.807) is 11.8 Å². The summed E-state index contributed by atoms with van der Waals surface area (Å²) in [6.45, 7) is 3.46. The van der Waals surface area contributed by atoms with Gasteiger partial charge in [-0.3, -0.25) is 0 Å². The highest BCUT2D eigenvalue weighted by Gasteiger charge is 2.21. The third-order valence-corrected chi connectivity index (χ3v) is 3.49. The quantitative estimate of drug-likeness (QED) is 0.836. The van der Waals surface area contributed by atoms with E-state index in [-0.39, 0.29) is 5.69 Å². The van der Waals surface area contributed by atoms with E-state index >= 15 is 0 Å². The summed E-state index contributed by atoms with van der Waals surface area (Å²) in [6.07, 6.45) is 0.780. The topological polar surface area (TPSA) is 75.1 Å². The number of fused-ring (bicyclic) bond motifs is 1. The Morgan fingerprint density at radius 1 is 1.53 bits per heavy atom. The molecule has 0 radical (unpaired) electrons. The number of hydrogen-bond donors (Lipinski definition) is 2. The highest BCUT2D eigenvalue weighted by molar-refractivity contribution is 7.98. The van der Waals surface area contributed by atoms with Crippen molar-refractivity contribution in [1.82, 2.24) is 15.3 Å². The van der Waals surface area contributed by atoms with Crippen LogP contribution in [0.4, 0.5) is 0 Å². The van der Waals surface area contributed by atoms with Crippen molar-refractivity contribution in [2.24, 2.45) is 0 Å². The molecule has 0 unspecified atom stereocenters. The van der Waals surface area contributed by atoms with Gasteiger partial charge in [-0.15, -0.1) is 0 Å². The summed E-state index contributed by atoms with van der Waals surface area (Å²) in [5, 5.41) is 12.3. The molecule has 5 nitrogen and oxygen atoms in total. The molecule has 1 aliphatic heterocycles. The van der Waals surface area contributed by atoms with Crippen LogP contribution in [0.2, 0.25) is 0 Å². The lowest BCUT2D eigenvalue weighted by molar-refractivity contribution is 0.0688.